The predicted octanol–water partition coefficient (Wildman–Crippen LogP) is 1.70. The van der Waals surface area contributed by atoms with Gasteiger partial charge in [-0.2, -0.15) is 0 Å². The van der Waals surface area contributed by atoms with Crippen molar-refractivity contribution in [3.8, 4) is 0 Å². The van der Waals surface area contributed by atoms with E-state index in [-0.39, 0.29) is 17.8 Å². The normalized spacial score (nSPS) is 33.9. The van der Waals surface area contributed by atoms with Gasteiger partial charge in [-0.05, 0) is 25.1 Å². The van der Waals surface area contributed by atoms with E-state index in [1.165, 1.54) is 17.8 Å². The lowest BCUT2D eigenvalue weighted by molar-refractivity contribution is 0.107. The van der Waals surface area contributed by atoms with Crippen LogP contribution in [0.3, 0.4) is 0 Å². The minimum atomic E-state index is -0.509. The van der Waals surface area contributed by atoms with Crippen LogP contribution in [0.15, 0.2) is 23.2 Å². The summed E-state index contributed by atoms with van der Waals surface area (Å²) < 4.78 is 19.5. The number of anilines is 1. The van der Waals surface area contributed by atoms with Crippen LogP contribution < -0.4 is 11.5 Å². The number of rotatable bonds is 1. The van der Waals surface area contributed by atoms with Crippen molar-refractivity contribution in [3.05, 3.63) is 29.6 Å². The first kappa shape index (κ1) is 12.7. The molecule has 4 N–H and O–H groups in total. The summed E-state index contributed by atoms with van der Waals surface area (Å²) in [5.41, 5.74) is 12.8. The third kappa shape index (κ3) is 1.90. The summed E-state index contributed by atoms with van der Waals surface area (Å²) >= 11 is 1.39. The average Bonchev–Trinajstić information content (AvgIpc) is 2.70. The number of thioether (sulfide) groups is 1. The quantitative estimate of drug-likeness (QED) is 0.768. The molecule has 0 bridgehead atoms. The van der Waals surface area contributed by atoms with Gasteiger partial charge < -0.3 is 16.2 Å². The molecule has 1 saturated heterocycles. The monoisotopic (exact) mass is 281 g/mol. The van der Waals surface area contributed by atoms with Gasteiger partial charge in [0.25, 0.3) is 0 Å². The van der Waals surface area contributed by atoms with Crippen LogP contribution in [0.25, 0.3) is 0 Å². The number of halogens is 1. The Labute approximate surface area is 115 Å². The molecule has 0 spiro atoms. The van der Waals surface area contributed by atoms with Crippen molar-refractivity contribution >= 4 is 22.6 Å². The summed E-state index contributed by atoms with van der Waals surface area (Å²) in [6.07, 6.45) is 0.0326. The predicted molar refractivity (Wildman–Crippen MR) is 75.5 cm³/mol. The molecule has 3 atom stereocenters. The lowest BCUT2D eigenvalue weighted by Gasteiger charge is -2.36. The first-order valence-electron chi connectivity index (χ1n) is 6.19. The van der Waals surface area contributed by atoms with Crippen molar-refractivity contribution in [3.63, 3.8) is 0 Å². The average molecular weight is 281 g/mol. The van der Waals surface area contributed by atoms with Crippen molar-refractivity contribution in [2.24, 2.45) is 16.6 Å². The fourth-order valence-electron chi connectivity index (χ4n) is 2.87. The lowest BCUT2D eigenvalue weighted by atomic mass is 9.84. The summed E-state index contributed by atoms with van der Waals surface area (Å²) in [4.78, 5) is 4.27. The SMILES string of the molecule is C[C@H]1OC[C@]2(c3cc(N)ccc3F)SC(N)=NC[C@@H]12. The zero-order valence-electron chi connectivity index (χ0n) is 10.6. The van der Waals surface area contributed by atoms with Crippen molar-refractivity contribution in [2.75, 3.05) is 18.9 Å². The van der Waals surface area contributed by atoms with Gasteiger partial charge in [-0.1, -0.05) is 11.8 Å². The maximum atomic E-state index is 14.2. The molecule has 1 aromatic carbocycles. The van der Waals surface area contributed by atoms with Crippen LogP contribution in [0.5, 0.6) is 0 Å². The van der Waals surface area contributed by atoms with Gasteiger partial charge in [0.1, 0.15) is 5.82 Å². The largest absolute Gasteiger partial charge is 0.399 e. The number of hydrogen-bond acceptors (Lipinski definition) is 5. The summed E-state index contributed by atoms with van der Waals surface area (Å²) in [7, 11) is 0. The van der Waals surface area contributed by atoms with E-state index in [2.05, 4.69) is 4.99 Å². The van der Waals surface area contributed by atoms with Gasteiger partial charge in [-0.25, -0.2) is 4.39 Å². The number of nitrogen functional groups attached to an aromatic ring is 1. The molecule has 4 nitrogen and oxygen atoms in total. The Morgan fingerprint density at radius 1 is 1.47 bits per heavy atom. The Balaban J connectivity index is 2.14. The summed E-state index contributed by atoms with van der Waals surface area (Å²) in [5, 5.41) is 0.482. The minimum absolute atomic E-state index is 0.0326. The Bertz CT molecular complexity index is 551. The summed E-state index contributed by atoms with van der Waals surface area (Å²) in [6, 6.07) is 4.66. The van der Waals surface area contributed by atoms with Crippen LogP contribution in [0.1, 0.15) is 12.5 Å². The van der Waals surface area contributed by atoms with Crippen LogP contribution in [-0.2, 0) is 9.48 Å². The standard InChI is InChI=1S/C13H16FN3OS/c1-7-10-5-17-12(16)19-13(10,6-18-7)9-4-8(15)2-3-11(9)14/h2-4,7,10H,5-6,15H2,1H3,(H2,16,17)/t7-,10+,13-/m1/s1. The highest BCUT2D eigenvalue weighted by atomic mass is 32.2. The highest BCUT2D eigenvalue weighted by molar-refractivity contribution is 8.14. The number of benzene rings is 1. The molecule has 2 heterocycles. The first-order chi connectivity index (χ1) is 9.03. The van der Waals surface area contributed by atoms with E-state index < -0.39 is 4.75 Å². The van der Waals surface area contributed by atoms with E-state index in [0.717, 1.165) is 0 Å². The highest BCUT2D eigenvalue weighted by Crippen LogP contribution is 2.52. The van der Waals surface area contributed by atoms with Gasteiger partial charge in [0.05, 0.1) is 17.5 Å². The molecule has 102 valence electrons. The maximum Gasteiger partial charge on any atom is 0.154 e. The molecular formula is C13H16FN3OS. The second-order valence-corrected chi connectivity index (χ2v) is 6.38. The van der Waals surface area contributed by atoms with Crippen LogP contribution >= 0.6 is 11.8 Å². The maximum absolute atomic E-state index is 14.2. The molecule has 19 heavy (non-hydrogen) atoms. The fraction of sp³-hybridized carbons (Fsp3) is 0.462. The Kier molecular flexibility index (Phi) is 2.94. The Hall–Kier alpha value is -1.27. The number of amidine groups is 1. The smallest absolute Gasteiger partial charge is 0.154 e. The van der Waals surface area contributed by atoms with E-state index in [1.807, 2.05) is 6.92 Å². The van der Waals surface area contributed by atoms with Gasteiger partial charge >= 0.3 is 0 Å². The third-order valence-electron chi connectivity index (χ3n) is 3.90. The van der Waals surface area contributed by atoms with Gasteiger partial charge in [-0.15, -0.1) is 0 Å². The topological polar surface area (TPSA) is 73.6 Å². The van der Waals surface area contributed by atoms with Crippen molar-refractivity contribution < 1.29 is 9.13 Å². The number of nitrogens with two attached hydrogens (primary N) is 2. The van der Waals surface area contributed by atoms with Crippen molar-refractivity contribution in [2.45, 2.75) is 17.8 Å². The van der Waals surface area contributed by atoms with Gasteiger partial charge in [0.2, 0.25) is 0 Å². The molecule has 0 amide bonds. The van der Waals surface area contributed by atoms with E-state index in [4.69, 9.17) is 16.2 Å². The molecule has 2 aliphatic rings. The molecule has 1 fully saturated rings. The molecule has 0 aromatic heterocycles. The highest BCUT2D eigenvalue weighted by Gasteiger charge is 2.53. The van der Waals surface area contributed by atoms with Crippen molar-refractivity contribution in [1.29, 1.82) is 0 Å². The number of nitrogens with zero attached hydrogens (tertiary/aromatic N) is 1. The summed E-state index contributed by atoms with van der Waals surface area (Å²) in [6.45, 7) is 2.99. The number of aliphatic imine (C=N–C) groups is 1. The fourth-order valence-corrected chi connectivity index (χ4v) is 4.19. The lowest BCUT2D eigenvalue weighted by Crippen LogP contribution is -2.41. The van der Waals surface area contributed by atoms with Crippen LogP contribution in [-0.4, -0.2) is 24.4 Å². The third-order valence-corrected chi connectivity index (χ3v) is 5.25. The Morgan fingerprint density at radius 2 is 2.26 bits per heavy atom. The van der Waals surface area contributed by atoms with Crippen LogP contribution in [0.4, 0.5) is 10.1 Å². The molecule has 0 saturated carbocycles. The molecule has 0 aliphatic carbocycles. The number of ether oxygens (including phenoxy) is 1. The van der Waals surface area contributed by atoms with Crippen LogP contribution in [0.2, 0.25) is 0 Å². The molecule has 3 rings (SSSR count). The van der Waals surface area contributed by atoms with Gasteiger partial charge in [-0.3, -0.25) is 4.99 Å². The number of fused-ring (bicyclic) bond motifs is 1. The molecule has 2 aliphatic heterocycles. The van der Waals surface area contributed by atoms with E-state index in [0.29, 0.717) is 29.6 Å². The molecule has 0 unspecified atom stereocenters. The van der Waals surface area contributed by atoms with Crippen LogP contribution in [0, 0.1) is 11.7 Å². The first-order valence-corrected chi connectivity index (χ1v) is 7.00. The molecule has 6 heteroatoms. The second-order valence-electron chi connectivity index (χ2n) is 5.03. The van der Waals surface area contributed by atoms with E-state index in [9.17, 15) is 4.39 Å². The van der Waals surface area contributed by atoms with Gasteiger partial charge in [0, 0.05) is 23.7 Å². The Morgan fingerprint density at radius 3 is 3.05 bits per heavy atom. The van der Waals surface area contributed by atoms with E-state index in [1.54, 1.807) is 12.1 Å². The molecule has 1 aromatic rings. The molecule has 0 radical (unpaired) electrons. The zero-order chi connectivity index (χ0) is 13.6. The van der Waals surface area contributed by atoms with Crippen molar-refractivity contribution in [1.82, 2.24) is 0 Å². The second kappa shape index (κ2) is 4.38. The molecular weight excluding hydrogens is 265 g/mol. The number of hydrogen-bond donors (Lipinski definition) is 2. The van der Waals surface area contributed by atoms with Gasteiger partial charge in [0.15, 0.2) is 5.17 Å². The zero-order valence-corrected chi connectivity index (χ0v) is 11.4. The minimum Gasteiger partial charge on any atom is -0.399 e. The summed E-state index contributed by atoms with van der Waals surface area (Å²) in [5.74, 6) is -0.153. The van der Waals surface area contributed by atoms with E-state index >= 15 is 0 Å².